The van der Waals surface area contributed by atoms with E-state index in [9.17, 15) is 35.5 Å². The lowest BCUT2D eigenvalue weighted by atomic mass is 9.94. The fourth-order valence-corrected chi connectivity index (χ4v) is 2.25. The Morgan fingerprint density at radius 1 is 1.30 bits per heavy atom. The van der Waals surface area contributed by atoms with Gasteiger partial charge in [-0.15, -0.1) is 0 Å². The molecule has 1 fully saturated rings. The number of esters is 1. The largest absolute Gasteiger partial charge is 0.449 e. The first-order chi connectivity index (χ1) is 8.62. The fourth-order valence-electron chi connectivity index (χ4n) is 1.42. The van der Waals surface area contributed by atoms with E-state index in [0.717, 1.165) is 0 Å². The highest BCUT2D eigenvalue weighted by molar-refractivity contribution is 14.1. The number of rotatable bonds is 1. The number of ether oxygens (including phenoxy) is 2. The van der Waals surface area contributed by atoms with Crippen molar-refractivity contribution in [3.05, 3.63) is 0 Å². The lowest BCUT2D eigenvalue weighted by Crippen LogP contribution is -2.78. The molecule has 1 rings (SSSR count). The highest BCUT2D eigenvalue weighted by Gasteiger charge is 2.87. The van der Waals surface area contributed by atoms with Gasteiger partial charge < -0.3 is 14.6 Å². The standard InChI is InChI=1S/C8H6F7IO4/c1-3(17)20-6(16)4(9,10)2-19-7(18,5(6,11)12)8(13,14)15/h18H,2H2,1H3. The number of hydrogen-bond donors (Lipinski definition) is 1. The molecule has 0 amide bonds. The molecule has 1 aliphatic heterocycles. The van der Waals surface area contributed by atoms with Crippen LogP contribution in [0.1, 0.15) is 6.92 Å². The Morgan fingerprint density at radius 3 is 2.10 bits per heavy atom. The van der Waals surface area contributed by atoms with E-state index in [1.54, 1.807) is 0 Å². The second-order valence-corrected chi connectivity index (χ2v) is 5.42. The molecule has 12 heteroatoms. The summed E-state index contributed by atoms with van der Waals surface area (Å²) in [5.41, 5.74) is 0. The van der Waals surface area contributed by atoms with Gasteiger partial charge in [0.15, 0.2) is 0 Å². The first-order valence-corrected chi connectivity index (χ1v) is 5.77. The van der Waals surface area contributed by atoms with E-state index in [1.807, 2.05) is 0 Å². The molecule has 1 N–H and O–H groups in total. The number of hydrogen-bond acceptors (Lipinski definition) is 4. The summed E-state index contributed by atoms with van der Waals surface area (Å²) in [6, 6.07) is 0. The molecule has 0 saturated carbocycles. The molecule has 0 aromatic rings. The minimum atomic E-state index is -6.09. The van der Waals surface area contributed by atoms with Crippen LogP contribution in [0, 0.1) is 0 Å². The van der Waals surface area contributed by atoms with Gasteiger partial charge >= 0.3 is 29.8 Å². The van der Waals surface area contributed by atoms with Crippen molar-refractivity contribution >= 4 is 28.6 Å². The van der Waals surface area contributed by atoms with Gasteiger partial charge in [-0.25, -0.2) is 0 Å². The molecule has 118 valence electrons. The van der Waals surface area contributed by atoms with Gasteiger partial charge in [0.1, 0.15) is 6.61 Å². The monoisotopic (exact) mass is 426 g/mol. The van der Waals surface area contributed by atoms with Gasteiger partial charge in [-0.1, -0.05) is 0 Å². The van der Waals surface area contributed by atoms with Crippen LogP contribution < -0.4 is 0 Å². The smallest absolute Gasteiger partial charge is 0.435 e. The van der Waals surface area contributed by atoms with Crippen LogP contribution in [-0.2, 0) is 14.3 Å². The third-order valence-corrected chi connectivity index (χ3v) is 4.12. The van der Waals surface area contributed by atoms with Crippen LogP contribution in [0.25, 0.3) is 0 Å². The van der Waals surface area contributed by atoms with Gasteiger partial charge in [0.2, 0.25) is 0 Å². The zero-order valence-electron chi connectivity index (χ0n) is 9.40. The predicted molar refractivity (Wildman–Crippen MR) is 55.4 cm³/mol. The Kier molecular flexibility index (Phi) is 4.03. The normalized spacial score (nSPS) is 36.5. The lowest BCUT2D eigenvalue weighted by molar-refractivity contribution is -0.482. The SMILES string of the molecule is CC(=O)OC1(I)C(F)(F)COC(O)(C(F)(F)F)C1(F)F. The second kappa shape index (κ2) is 4.56. The van der Waals surface area contributed by atoms with Gasteiger partial charge in [0, 0.05) is 6.92 Å². The third kappa shape index (κ3) is 2.15. The Morgan fingerprint density at radius 2 is 1.75 bits per heavy atom. The Hall–Kier alpha value is -0.370. The first-order valence-electron chi connectivity index (χ1n) is 4.69. The molecule has 1 aliphatic rings. The van der Waals surface area contributed by atoms with E-state index >= 15 is 0 Å². The van der Waals surface area contributed by atoms with Crippen LogP contribution in [0.4, 0.5) is 30.7 Å². The number of carbonyl (C=O) groups excluding carboxylic acids is 1. The maximum Gasteiger partial charge on any atom is 0.449 e. The molecule has 4 nitrogen and oxygen atoms in total. The average Bonchev–Trinajstić information content (AvgIpc) is 2.20. The molecule has 1 heterocycles. The minimum absolute atomic E-state index is 0.173. The highest BCUT2D eigenvalue weighted by Crippen LogP contribution is 2.60. The molecule has 0 aliphatic carbocycles. The van der Waals surface area contributed by atoms with E-state index < -0.39 is 40.0 Å². The minimum Gasteiger partial charge on any atom is -0.435 e. The van der Waals surface area contributed by atoms with Crippen LogP contribution in [-0.4, -0.2) is 45.1 Å². The molecule has 0 bridgehead atoms. The Labute approximate surface area is 120 Å². The van der Waals surface area contributed by atoms with Crippen LogP contribution in [0.3, 0.4) is 0 Å². The Balaban J connectivity index is 3.48. The van der Waals surface area contributed by atoms with E-state index in [1.165, 1.54) is 0 Å². The quantitative estimate of drug-likeness (QED) is 0.303. The summed E-state index contributed by atoms with van der Waals surface area (Å²) in [6.07, 6.45) is -6.09. The van der Waals surface area contributed by atoms with Crippen LogP contribution in [0.5, 0.6) is 0 Å². The number of alkyl halides is 8. The summed E-state index contributed by atoms with van der Waals surface area (Å²) >= 11 is 0.173. The van der Waals surface area contributed by atoms with E-state index in [-0.39, 0.29) is 22.6 Å². The van der Waals surface area contributed by atoms with E-state index in [2.05, 4.69) is 9.47 Å². The summed E-state index contributed by atoms with van der Waals surface area (Å²) in [4.78, 5) is 10.7. The van der Waals surface area contributed by atoms with Crippen molar-refractivity contribution in [1.29, 1.82) is 0 Å². The lowest BCUT2D eigenvalue weighted by Gasteiger charge is -2.50. The zero-order valence-corrected chi connectivity index (χ0v) is 11.6. The van der Waals surface area contributed by atoms with Gasteiger partial charge in [0.25, 0.3) is 3.61 Å². The zero-order chi connectivity index (χ0) is 16.2. The number of halogens is 8. The molecular weight excluding hydrogens is 420 g/mol. The van der Waals surface area contributed by atoms with Gasteiger partial charge in [-0.3, -0.25) is 4.79 Å². The van der Waals surface area contributed by atoms with Crippen molar-refractivity contribution < 1.29 is 50.1 Å². The van der Waals surface area contributed by atoms with Gasteiger partial charge in [0.05, 0.1) is 0 Å². The van der Waals surface area contributed by atoms with E-state index in [0.29, 0.717) is 6.92 Å². The molecular formula is C8H6F7IO4. The van der Waals surface area contributed by atoms with Gasteiger partial charge in [-0.05, 0) is 22.6 Å². The molecule has 0 aromatic carbocycles. The van der Waals surface area contributed by atoms with Crippen molar-refractivity contribution in [2.24, 2.45) is 0 Å². The average molecular weight is 426 g/mol. The summed E-state index contributed by atoms with van der Waals surface area (Å²) in [5, 5.41) is 8.99. The van der Waals surface area contributed by atoms with Crippen LogP contribution >= 0.6 is 22.6 Å². The van der Waals surface area contributed by atoms with Crippen molar-refractivity contribution in [3.63, 3.8) is 0 Å². The molecule has 0 aromatic heterocycles. The molecule has 0 spiro atoms. The molecule has 2 unspecified atom stereocenters. The number of carbonyl (C=O) groups is 1. The van der Waals surface area contributed by atoms with Crippen molar-refractivity contribution in [2.45, 2.75) is 34.3 Å². The topological polar surface area (TPSA) is 55.8 Å². The fraction of sp³-hybridized carbons (Fsp3) is 0.875. The molecule has 1 saturated heterocycles. The van der Waals surface area contributed by atoms with Crippen LogP contribution in [0.2, 0.25) is 0 Å². The maximum atomic E-state index is 13.8. The van der Waals surface area contributed by atoms with E-state index in [4.69, 9.17) is 5.11 Å². The Bertz CT molecular complexity index is 426. The molecule has 20 heavy (non-hydrogen) atoms. The maximum absolute atomic E-state index is 13.8. The van der Waals surface area contributed by atoms with Crippen molar-refractivity contribution in [1.82, 2.24) is 0 Å². The highest BCUT2D eigenvalue weighted by atomic mass is 127. The summed E-state index contributed by atoms with van der Waals surface area (Å²) in [6.45, 7) is -1.76. The van der Waals surface area contributed by atoms with Crippen molar-refractivity contribution in [3.8, 4) is 0 Å². The number of aliphatic hydroxyl groups is 1. The third-order valence-electron chi connectivity index (χ3n) is 2.43. The molecule has 2 atom stereocenters. The molecule has 0 radical (unpaired) electrons. The predicted octanol–water partition coefficient (Wildman–Crippen LogP) is 2.23. The van der Waals surface area contributed by atoms with Gasteiger partial charge in [-0.2, -0.15) is 30.7 Å². The van der Waals surface area contributed by atoms with Crippen LogP contribution in [0.15, 0.2) is 0 Å². The first kappa shape index (κ1) is 17.7. The summed E-state index contributed by atoms with van der Waals surface area (Å²) < 4.78 is 94.8. The summed E-state index contributed by atoms with van der Waals surface area (Å²) in [5.74, 6) is -17.2. The second-order valence-electron chi connectivity index (χ2n) is 3.90. The summed E-state index contributed by atoms with van der Waals surface area (Å²) in [7, 11) is 0. The van der Waals surface area contributed by atoms with Crippen molar-refractivity contribution in [2.75, 3.05) is 6.61 Å².